The Morgan fingerprint density at radius 2 is 2.33 bits per heavy atom. The van der Waals surface area contributed by atoms with Crippen molar-refractivity contribution in [2.75, 3.05) is 19.4 Å². The molecule has 1 fully saturated rings. The molecule has 0 aromatic rings. The summed E-state index contributed by atoms with van der Waals surface area (Å²) in [6.45, 7) is 4.88. The van der Waals surface area contributed by atoms with Gasteiger partial charge in [0.1, 0.15) is 0 Å². The lowest BCUT2D eigenvalue weighted by Crippen LogP contribution is -2.31. The minimum Gasteiger partial charge on any atom is -0.348 e. The molecule has 1 saturated heterocycles. The monoisotopic (exact) mass is 193 g/mol. The molecule has 2 unspecified atom stereocenters. The van der Waals surface area contributed by atoms with Crippen LogP contribution in [0.25, 0.3) is 0 Å². The van der Waals surface area contributed by atoms with Gasteiger partial charge in [0.15, 0.2) is 5.79 Å². The molecule has 0 radical (unpaired) electrons. The van der Waals surface area contributed by atoms with Crippen molar-refractivity contribution in [3.8, 4) is 0 Å². The average Bonchev–Trinajstić information content (AvgIpc) is 2.26. The smallest absolute Gasteiger partial charge is 0.163 e. The molecule has 5 heteroatoms. The zero-order valence-corrected chi connectivity index (χ0v) is 8.44. The first-order valence-electron chi connectivity index (χ1n) is 3.88. The quantitative estimate of drug-likeness (QED) is 0.687. The van der Waals surface area contributed by atoms with Crippen molar-refractivity contribution in [2.24, 2.45) is 0 Å². The standard InChI is InChI=1S/C7H15NO3S/c1-7(2)10-5-6(11-7)4-8-12(3)9/h6,8H,4-5H2,1-3H3. The summed E-state index contributed by atoms with van der Waals surface area (Å²) >= 11 is 0. The Labute approximate surface area is 75.2 Å². The van der Waals surface area contributed by atoms with Crippen LogP contribution in [0.1, 0.15) is 13.8 Å². The zero-order chi connectivity index (χ0) is 9.19. The van der Waals surface area contributed by atoms with Crippen LogP contribution in [0.3, 0.4) is 0 Å². The second-order valence-electron chi connectivity index (χ2n) is 3.25. The number of rotatable bonds is 3. The van der Waals surface area contributed by atoms with Gasteiger partial charge in [0.2, 0.25) is 0 Å². The number of ether oxygens (including phenoxy) is 2. The first kappa shape index (κ1) is 10.1. The summed E-state index contributed by atoms with van der Waals surface area (Å²) in [5.74, 6) is -0.485. The van der Waals surface area contributed by atoms with Gasteiger partial charge in [-0.15, -0.1) is 0 Å². The number of hydrogen-bond acceptors (Lipinski definition) is 3. The summed E-state index contributed by atoms with van der Waals surface area (Å²) in [4.78, 5) is 0. The minimum atomic E-state index is -0.972. The first-order chi connectivity index (χ1) is 5.49. The highest BCUT2D eigenvalue weighted by molar-refractivity contribution is 7.82. The molecule has 0 spiro atoms. The lowest BCUT2D eigenvalue weighted by molar-refractivity contribution is -0.137. The van der Waals surface area contributed by atoms with Gasteiger partial charge < -0.3 is 9.47 Å². The summed E-state index contributed by atoms with van der Waals surface area (Å²) in [7, 11) is -0.972. The molecule has 0 aromatic carbocycles. The molecule has 0 aromatic heterocycles. The molecule has 12 heavy (non-hydrogen) atoms. The van der Waals surface area contributed by atoms with Crippen LogP contribution in [0.4, 0.5) is 0 Å². The Balaban J connectivity index is 2.24. The van der Waals surface area contributed by atoms with Crippen molar-refractivity contribution < 1.29 is 13.7 Å². The van der Waals surface area contributed by atoms with Crippen molar-refractivity contribution in [1.82, 2.24) is 4.72 Å². The highest BCUT2D eigenvalue weighted by atomic mass is 32.2. The molecule has 1 N–H and O–H groups in total. The maximum atomic E-state index is 10.7. The van der Waals surface area contributed by atoms with E-state index >= 15 is 0 Å². The third-order valence-electron chi connectivity index (χ3n) is 1.58. The Morgan fingerprint density at radius 1 is 1.67 bits per heavy atom. The fraction of sp³-hybridized carbons (Fsp3) is 1.00. The van der Waals surface area contributed by atoms with E-state index in [1.165, 1.54) is 0 Å². The largest absolute Gasteiger partial charge is 0.348 e. The summed E-state index contributed by atoms with van der Waals surface area (Å²) in [5.41, 5.74) is 0. The van der Waals surface area contributed by atoms with Gasteiger partial charge in [0.05, 0.1) is 23.7 Å². The summed E-state index contributed by atoms with van der Waals surface area (Å²) < 4.78 is 24.3. The van der Waals surface area contributed by atoms with E-state index in [2.05, 4.69) is 4.72 Å². The topological polar surface area (TPSA) is 47.6 Å². The van der Waals surface area contributed by atoms with Gasteiger partial charge in [-0.3, -0.25) is 0 Å². The molecule has 1 rings (SSSR count). The molecule has 1 heterocycles. The van der Waals surface area contributed by atoms with E-state index in [1.807, 2.05) is 13.8 Å². The van der Waals surface area contributed by atoms with Crippen molar-refractivity contribution in [3.05, 3.63) is 0 Å². The van der Waals surface area contributed by atoms with Gasteiger partial charge >= 0.3 is 0 Å². The van der Waals surface area contributed by atoms with E-state index in [4.69, 9.17) is 9.47 Å². The van der Waals surface area contributed by atoms with Crippen LogP contribution >= 0.6 is 0 Å². The lowest BCUT2D eigenvalue weighted by Gasteiger charge is -2.16. The van der Waals surface area contributed by atoms with Crippen LogP contribution in [-0.4, -0.2) is 35.5 Å². The summed E-state index contributed by atoms with van der Waals surface area (Å²) in [6.07, 6.45) is 1.62. The summed E-state index contributed by atoms with van der Waals surface area (Å²) in [6, 6.07) is 0. The maximum absolute atomic E-state index is 10.7. The van der Waals surface area contributed by atoms with Crippen molar-refractivity contribution in [2.45, 2.75) is 25.7 Å². The Bertz CT molecular complexity index is 183. The van der Waals surface area contributed by atoms with Crippen LogP contribution in [0.2, 0.25) is 0 Å². The van der Waals surface area contributed by atoms with Gasteiger partial charge in [0.25, 0.3) is 0 Å². The lowest BCUT2D eigenvalue weighted by atomic mass is 10.4. The van der Waals surface area contributed by atoms with Crippen LogP contribution < -0.4 is 4.72 Å². The third kappa shape index (κ3) is 3.18. The maximum Gasteiger partial charge on any atom is 0.163 e. The molecular formula is C7H15NO3S. The van der Waals surface area contributed by atoms with Crippen molar-refractivity contribution in [1.29, 1.82) is 0 Å². The number of hydrogen-bond donors (Lipinski definition) is 1. The predicted octanol–water partition coefficient (Wildman–Crippen LogP) is 0.0210. The molecule has 1 aliphatic rings. The van der Waals surface area contributed by atoms with E-state index in [0.717, 1.165) is 0 Å². The third-order valence-corrected chi connectivity index (χ3v) is 2.15. The van der Waals surface area contributed by atoms with Gasteiger partial charge in [-0.25, -0.2) is 8.93 Å². The van der Waals surface area contributed by atoms with Crippen LogP contribution in [0.15, 0.2) is 0 Å². The van der Waals surface area contributed by atoms with E-state index in [-0.39, 0.29) is 6.10 Å². The molecular weight excluding hydrogens is 178 g/mol. The Hall–Kier alpha value is 0.0300. The molecule has 0 amide bonds. The van der Waals surface area contributed by atoms with Crippen LogP contribution in [-0.2, 0) is 20.5 Å². The van der Waals surface area contributed by atoms with Gasteiger partial charge in [-0.1, -0.05) is 0 Å². The molecule has 4 nitrogen and oxygen atoms in total. The second-order valence-corrected chi connectivity index (χ2v) is 4.45. The fourth-order valence-corrected chi connectivity index (χ4v) is 1.49. The minimum absolute atomic E-state index is 0.0175. The van der Waals surface area contributed by atoms with Crippen LogP contribution in [0, 0.1) is 0 Å². The second kappa shape index (κ2) is 3.83. The molecule has 72 valence electrons. The molecule has 0 aliphatic carbocycles. The van der Waals surface area contributed by atoms with Crippen molar-refractivity contribution in [3.63, 3.8) is 0 Å². The highest BCUT2D eigenvalue weighted by Gasteiger charge is 2.32. The molecule has 0 bridgehead atoms. The SMILES string of the molecule is CS(=O)NCC1COC(C)(C)O1. The number of nitrogens with one attached hydrogen (secondary N) is 1. The highest BCUT2D eigenvalue weighted by Crippen LogP contribution is 2.21. The first-order valence-corrected chi connectivity index (χ1v) is 5.44. The van der Waals surface area contributed by atoms with Crippen LogP contribution in [0.5, 0.6) is 0 Å². The molecule has 1 aliphatic heterocycles. The fourth-order valence-electron chi connectivity index (χ4n) is 1.07. The van der Waals surface area contributed by atoms with E-state index in [0.29, 0.717) is 13.2 Å². The zero-order valence-electron chi connectivity index (χ0n) is 7.62. The normalized spacial score (nSPS) is 30.4. The predicted molar refractivity (Wildman–Crippen MR) is 47.0 cm³/mol. The van der Waals surface area contributed by atoms with Crippen molar-refractivity contribution >= 4 is 11.0 Å². The Kier molecular flexibility index (Phi) is 3.22. The van der Waals surface area contributed by atoms with Gasteiger partial charge in [-0.2, -0.15) is 0 Å². The van der Waals surface area contributed by atoms with E-state index in [9.17, 15) is 4.21 Å². The van der Waals surface area contributed by atoms with E-state index < -0.39 is 16.8 Å². The summed E-state index contributed by atoms with van der Waals surface area (Å²) in [5, 5.41) is 0. The average molecular weight is 193 g/mol. The Morgan fingerprint density at radius 3 is 2.75 bits per heavy atom. The molecule has 0 saturated carbocycles. The molecule has 2 atom stereocenters. The van der Waals surface area contributed by atoms with Gasteiger partial charge in [0, 0.05) is 12.8 Å². The van der Waals surface area contributed by atoms with Gasteiger partial charge in [-0.05, 0) is 13.8 Å². The van der Waals surface area contributed by atoms with E-state index in [1.54, 1.807) is 6.26 Å².